The Labute approximate surface area is 255 Å². The number of hydrogen-bond donors (Lipinski definition) is 2. The number of nitrogens with two attached hydrogens (primary N) is 1. The van der Waals surface area contributed by atoms with Crippen molar-refractivity contribution in [1.29, 1.82) is 5.26 Å². The Balaban J connectivity index is 1.82. The largest absolute Gasteiger partial charge is 0.397 e. The zero-order chi connectivity index (χ0) is 30.9. The molecule has 2 unspecified atom stereocenters. The molecular weight excluding hydrogens is 514 g/mol. The molecular formula is C37H53N5. The first-order chi connectivity index (χ1) is 20.2. The van der Waals surface area contributed by atoms with Crippen LogP contribution in [0, 0.1) is 30.1 Å². The van der Waals surface area contributed by atoms with Crippen molar-refractivity contribution in [2.75, 3.05) is 37.8 Å². The molecule has 0 amide bonds. The van der Waals surface area contributed by atoms with Gasteiger partial charge in [0.05, 0.1) is 23.0 Å². The number of anilines is 2. The third-order valence-corrected chi connectivity index (χ3v) is 8.36. The molecule has 0 radical (unpaired) electrons. The third-order valence-electron chi connectivity index (χ3n) is 8.36. The van der Waals surface area contributed by atoms with Crippen LogP contribution in [0.1, 0.15) is 81.0 Å². The molecule has 0 aliphatic heterocycles. The summed E-state index contributed by atoms with van der Waals surface area (Å²) < 4.78 is 0. The molecule has 0 aromatic heterocycles. The molecule has 2 aromatic carbocycles. The van der Waals surface area contributed by atoms with Gasteiger partial charge in [-0.3, -0.25) is 4.99 Å². The van der Waals surface area contributed by atoms with Crippen molar-refractivity contribution in [1.82, 2.24) is 5.32 Å². The summed E-state index contributed by atoms with van der Waals surface area (Å²) in [5, 5.41) is 12.4. The van der Waals surface area contributed by atoms with Gasteiger partial charge in [-0.15, -0.1) is 0 Å². The lowest BCUT2D eigenvalue weighted by Gasteiger charge is -2.25. The molecule has 2 rings (SSSR count). The van der Waals surface area contributed by atoms with E-state index in [-0.39, 0.29) is 0 Å². The molecule has 0 saturated heterocycles. The molecule has 0 bridgehead atoms. The zero-order valence-corrected chi connectivity index (χ0v) is 26.8. The van der Waals surface area contributed by atoms with Crippen molar-refractivity contribution < 1.29 is 0 Å². The Hall–Kier alpha value is -3.62. The fourth-order valence-electron chi connectivity index (χ4n) is 5.46. The van der Waals surface area contributed by atoms with E-state index in [4.69, 9.17) is 11.0 Å². The Morgan fingerprint density at radius 3 is 2.62 bits per heavy atom. The molecule has 0 fully saturated rings. The average Bonchev–Trinajstić information content (AvgIpc) is 2.98. The van der Waals surface area contributed by atoms with E-state index >= 15 is 0 Å². The van der Waals surface area contributed by atoms with Crippen LogP contribution in [0.15, 0.2) is 71.9 Å². The lowest BCUT2D eigenvalue weighted by atomic mass is 9.83. The van der Waals surface area contributed by atoms with Gasteiger partial charge in [0.1, 0.15) is 0 Å². The summed E-state index contributed by atoms with van der Waals surface area (Å²) >= 11 is 0. The van der Waals surface area contributed by atoms with E-state index in [9.17, 15) is 0 Å². The Kier molecular flexibility index (Phi) is 15.4. The second kappa shape index (κ2) is 18.7. The summed E-state index contributed by atoms with van der Waals surface area (Å²) in [4.78, 5) is 6.52. The highest BCUT2D eigenvalue weighted by Gasteiger charge is 2.16. The molecule has 5 heteroatoms. The lowest BCUT2D eigenvalue weighted by Crippen LogP contribution is -2.21. The van der Waals surface area contributed by atoms with Crippen molar-refractivity contribution in [3.8, 4) is 6.07 Å². The molecule has 2 aromatic rings. The van der Waals surface area contributed by atoms with Crippen LogP contribution in [0.3, 0.4) is 0 Å². The maximum atomic E-state index is 9.09. The average molecular weight is 568 g/mol. The highest BCUT2D eigenvalue weighted by atomic mass is 15.1. The summed E-state index contributed by atoms with van der Waals surface area (Å²) in [5.74, 6) is 1.38. The van der Waals surface area contributed by atoms with Gasteiger partial charge in [0.2, 0.25) is 0 Å². The number of hydrogen-bond acceptors (Lipinski definition) is 5. The SMILES string of the molecule is C=N/C(=C\C=C/CCC(CCNC)C(C)CCCCN(C)c1cc(C(=C)C)ccc1N)CCc1ccc(C#N)cc1C. The number of nitrogen functional groups attached to an aromatic ring is 1. The van der Waals surface area contributed by atoms with E-state index in [0.29, 0.717) is 17.4 Å². The van der Waals surface area contributed by atoms with Crippen molar-refractivity contribution in [3.05, 3.63) is 89.2 Å². The van der Waals surface area contributed by atoms with Gasteiger partial charge in [-0.05, 0) is 132 Å². The van der Waals surface area contributed by atoms with Crippen LogP contribution in [0.4, 0.5) is 11.4 Å². The van der Waals surface area contributed by atoms with E-state index in [1.165, 1.54) is 31.2 Å². The van der Waals surface area contributed by atoms with Gasteiger partial charge in [0.15, 0.2) is 0 Å². The summed E-state index contributed by atoms with van der Waals surface area (Å²) in [6, 6.07) is 14.3. The fraction of sp³-hybridized carbons (Fsp3) is 0.459. The fourth-order valence-corrected chi connectivity index (χ4v) is 5.46. The highest BCUT2D eigenvalue weighted by Crippen LogP contribution is 2.28. The molecule has 0 spiro atoms. The first-order valence-electron chi connectivity index (χ1n) is 15.4. The van der Waals surface area contributed by atoms with Crippen LogP contribution in [0.25, 0.3) is 5.57 Å². The Morgan fingerprint density at radius 1 is 1.17 bits per heavy atom. The quantitative estimate of drug-likeness (QED) is 0.0772. The molecule has 2 atom stereocenters. The predicted octanol–water partition coefficient (Wildman–Crippen LogP) is 8.50. The first kappa shape index (κ1) is 34.6. The van der Waals surface area contributed by atoms with E-state index in [1.54, 1.807) is 0 Å². The van der Waals surface area contributed by atoms with Gasteiger partial charge >= 0.3 is 0 Å². The van der Waals surface area contributed by atoms with Crippen molar-refractivity contribution in [3.63, 3.8) is 0 Å². The van der Waals surface area contributed by atoms with Crippen molar-refractivity contribution in [2.24, 2.45) is 16.8 Å². The van der Waals surface area contributed by atoms with Gasteiger partial charge in [-0.1, -0.05) is 56.2 Å². The van der Waals surface area contributed by atoms with Crippen molar-refractivity contribution >= 4 is 23.7 Å². The second-order valence-corrected chi connectivity index (χ2v) is 11.7. The van der Waals surface area contributed by atoms with Crippen LogP contribution in [-0.2, 0) is 6.42 Å². The van der Waals surface area contributed by atoms with Gasteiger partial charge in [-0.2, -0.15) is 5.26 Å². The summed E-state index contributed by atoms with van der Waals surface area (Å²) in [5.41, 5.74) is 14.5. The smallest absolute Gasteiger partial charge is 0.0991 e. The molecule has 0 aliphatic rings. The maximum Gasteiger partial charge on any atom is 0.0991 e. The number of nitrogens with one attached hydrogen (secondary N) is 1. The van der Waals surface area contributed by atoms with Crippen LogP contribution in [-0.4, -0.2) is 33.9 Å². The number of allylic oxidation sites excluding steroid dienone is 5. The van der Waals surface area contributed by atoms with E-state index in [0.717, 1.165) is 72.5 Å². The summed E-state index contributed by atoms with van der Waals surface area (Å²) in [6.45, 7) is 16.4. The van der Waals surface area contributed by atoms with E-state index in [1.807, 2.05) is 44.3 Å². The number of rotatable bonds is 19. The van der Waals surface area contributed by atoms with Crippen LogP contribution in [0.2, 0.25) is 0 Å². The molecule has 0 aliphatic carbocycles. The molecule has 0 heterocycles. The molecule has 0 saturated carbocycles. The molecule has 5 nitrogen and oxygen atoms in total. The first-order valence-corrected chi connectivity index (χ1v) is 15.4. The zero-order valence-electron chi connectivity index (χ0n) is 26.8. The number of nitriles is 1. The Morgan fingerprint density at radius 2 is 1.95 bits per heavy atom. The molecule has 226 valence electrons. The number of unbranched alkanes of at least 4 members (excludes halogenated alkanes) is 1. The second-order valence-electron chi connectivity index (χ2n) is 11.7. The summed E-state index contributed by atoms with van der Waals surface area (Å²) in [7, 11) is 4.18. The van der Waals surface area contributed by atoms with Crippen LogP contribution < -0.4 is 16.0 Å². The Bertz CT molecular complexity index is 1250. The summed E-state index contributed by atoms with van der Waals surface area (Å²) in [6.07, 6.45) is 15.3. The van der Waals surface area contributed by atoms with Crippen molar-refractivity contribution in [2.45, 2.75) is 72.1 Å². The maximum absolute atomic E-state index is 9.09. The van der Waals surface area contributed by atoms with E-state index in [2.05, 4.69) is 79.8 Å². The van der Waals surface area contributed by atoms with Crippen LogP contribution in [0.5, 0.6) is 0 Å². The van der Waals surface area contributed by atoms with Gasteiger partial charge in [-0.25, -0.2) is 0 Å². The number of nitrogens with zero attached hydrogens (tertiary/aromatic N) is 3. The minimum Gasteiger partial charge on any atom is -0.397 e. The van der Waals surface area contributed by atoms with Crippen LogP contribution >= 0.6 is 0 Å². The minimum atomic E-state index is 0.686. The number of benzene rings is 2. The molecule has 42 heavy (non-hydrogen) atoms. The number of aliphatic imine (C=N–C) groups is 1. The van der Waals surface area contributed by atoms with Gasteiger partial charge in [0, 0.05) is 19.3 Å². The van der Waals surface area contributed by atoms with E-state index < -0.39 is 0 Å². The number of aryl methyl sites for hydroxylation is 2. The predicted molar refractivity (Wildman–Crippen MR) is 184 cm³/mol. The standard InChI is InChI=1S/C37H53N5/c1-28(2)34-19-21-36(39)37(26-34)42(7)24-12-11-13-29(3)32(22-23-40-5)14-9-8-10-15-35(41-6)20-18-33-17-16-31(27-38)25-30(33)4/h8,10,15-17,19,21,25-26,29,32,40H,1,6,9,11-14,18,20,22-24,39H2,2-5,7H3/b10-8-,35-15-. The minimum absolute atomic E-state index is 0.686. The monoisotopic (exact) mass is 567 g/mol. The normalized spacial score (nSPS) is 13.1. The molecule has 3 N–H and O–H groups in total. The lowest BCUT2D eigenvalue weighted by molar-refractivity contribution is 0.292. The van der Waals surface area contributed by atoms with Gasteiger partial charge in [0.25, 0.3) is 0 Å². The highest BCUT2D eigenvalue weighted by molar-refractivity contribution is 5.74. The van der Waals surface area contributed by atoms with Gasteiger partial charge < -0.3 is 16.0 Å². The third kappa shape index (κ3) is 11.7. The topological polar surface area (TPSA) is 77.4 Å².